The number of hydrogen-bond donors (Lipinski definition) is 0. The SMILES string of the molecule is Cc1ccc(N(c2ccc(-c3ccc4c(c3)C(C)(C)c3cc(C)ccc3-4)cc2)c2ccc(-c3ccc4c5ccccc5n(-c5cccc(-c6ccccc6)c5)c4c3)cc2)cc1. The summed E-state index contributed by atoms with van der Waals surface area (Å²) in [5, 5.41) is 2.50. The molecule has 1 aliphatic carbocycles. The van der Waals surface area contributed by atoms with Crippen molar-refractivity contribution in [3.05, 3.63) is 229 Å². The summed E-state index contributed by atoms with van der Waals surface area (Å²) < 4.78 is 2.42. The Kier molecular flexibility index (Phi) is 8.65. The first-order valence-corrected chi connectivity index (χ1v) is 21.3. The van der Waals surface area contributed by atoms with Gasteiger partial charge in [0, 0.05) is 38.9 Å². The maximum Gasteiger partial charge on any atom is 0.0547 e. The van der Waals surface area contributed by atoms with Gasteiger partial charge in [-0.05, 0) is 136 Å². The molecule has 0 bridgehead atoms. The predicted octanol–water partition coefficient (Wildman–Crippen LogP) is 16.2. The van der Waals surface area contributed by atoms with Gasteiger partial charge in [0.2, 0.25) is 0 Å². The minimum atomic E-state index is -0.0420. The molecule has 1 aromatic heterocycles. The van der Waals surface area contributed by atoms with E-state index in [9.17, 15) is 0 Å². The third-order valence-electron chi connectivity index (χ3n) is 12.9. The second-order valence-corrected chi connectivity index (χ2v) is 17.2. The Morgan fingerprint density at radius 3 is 1.56 bits per heavy atom. The highest BCUT2D eigenvalue weighted by Crippen LogP contribution is 2.50. The Labute approximate surface area is 358 Å². The molecule has 1 heterocycles. The standard InChI is InChI=1S/C59H46N2/c1-39-17-26-47(27-18-39)60(48-28-20-42(21-29-48)45-24-33-52-51-32-19-40(2)35-55(51)59(3,4)56(52)37-45)49-30-22-43(23-31-49)46-25-34-54-53-15-8-9-16-57(53)61(58(54)38-46)50-14-10-13-44(36-50)41-11-6-5-7-12-41/h5-38H,1-4H3. The molecule has 0 unspecified atom stereocenters. The summed E-state index contributed by atoms with van der Waals surface area (Å²) in [5.41, 5.74) is 22.2. The summed E-state index contributed by atoms with van der Waals surface area (Å²) in [4.78, 5) is 2.36. The molecule has 0 amide bonds. The molecule has 0 radical (unpaired) electrons. The van der Waals surface area contributed by atoms with Gasteiger partial charge in [-0.3, -0.25) is 0 Å². The zero-order valence-electron chi connectivity index (χ0n) is 35.0. The van der Waals surface area contributed by atoms with Gasteiger partial charge in [-0.15, -0.1) is 0 Å². The number of benzene rings is 9. The van der Waals surface area contributed by atoms with Crippen molar-refractivity contribution in [3.63, 3.8) is 0 Å². The number of aromatic nitrogens is 1. The summed E-state index contributed by atoms with van der Waals surface area (Å²) >= 11 is 0. The first kappa shape index (κ1) is 36.6. The van der Waals surface area contributed by atoms with Gasteiger partial charge in [-0.2, -0.15) is 0 Å². The van der Waals surface area contributed by atoms with Crippen LogP contribution in [0.15, 0.2) is 206 Å². The lowest BCUT2D eigenvalue weighted by Gasteiger charge is -2.26. The van der Waals surface area contributed by atoms with E-state index in [1.807, 2.05) is 0 Å². The average Bonchev–Trinajstić information content (AvgIpc) is 3.75. The van der Waals surface area contributed by atoms with Crippen LogP contribution in [0, 0.1) is 13.8 Å². The van der Waals surface area contributed by atoms with Gasteiger partial charge in [-0.1, -0.05) is 165 Å². The molecule has 0 N–H and O–H groups in total. The smallest absolute Gasteiger partial charge is 0.0547 e. The van der Waals surface area contributed by atoms with Crippen LogP contribution in [0.3, 0.4) is 0 Å². The lowest BCUT2D eigenvalue weighted by molar-refractivity contribution is 0.660. The predicted molar refractivity (Wildman–Crippen MR) is 259 cm³/mol. The first-order chi connectivity index (χ1) is 29.8. The van der Waals surface area contributed by atoms with Gasteiger partial charge in [0.05, 0.1) is 11.0 Å². The summed E-state index contributed by atoms with van der Waals surface area (Å²) in [6.45, 7) is 9.05. The van der Waals surface area contributed by atoms with Gasteiger partial charge in [0.25, 0.3) is 0 Å². The van der Waals surface area contributed by atoms with Gasteiger partial charge in [-0.25, -0.2) is 0 Å². The van der Waals surface area contributed by atoms with E-state index in [0.29, 0.717) is 0 Å². The lowest BCUT2D eigenvalue weighted by Crippen LogP contribution is -2.15. The first-order valence-electron chi connectivity index (χ1n) is 21.3. The highest BCUT2D eigenvalue weighted by molar-refractivity contribution is 6.10. The van der Waals surface area contributed by atoms with E-state index < -0.39 is 0 Å². The zero-order valence-corrected chi connectivity index (χ0v) is 35.0. The van der Waals surface area contributed by atoms with Crippen molar-refractivity contribution < 1.29 is 0 Å². The van der Waals surface area contributed by atoms with E-state index in [1.54, 1.807) is 0 Å². The molecule has 0 fully saturated rings. The Balaban J connectivity index is 0.945. The fraction of sp³-hybridized carbons (Fsp3) is 0.0847. The largest absolute Gasteiger partial charge is 0.311 e. The summed E-state index contributed by atoms with van der Waals surface area (Å²) in [7, 11) is 0. The maximum absolute atomic E-state index is 2.42. The molecule has 2 heteroatoms. The van der Waals surface area contributed by atoms with E-state index in [2.05, 4.69) is 243 Å². The fourth-order valence-corrected chi connectivity index (χ4v) is 9.66. The van der Waals surface area contributed by atoms with Crippen molar-refractivity contribution in [2.75, 3.05) is 4.90 Å². The molecule has 0 saturated carbocycles. The van der Waals surface area contributed by atoms with Crippen LogP contribution in [0.5, 0.6) is 0 Å². The Hall–Kier alpha value is -7.42. The van der Waals surface area contributed by atoms with Gasteiger partial charge in [0.1, 0.15) is 0 Å². The lowest BCUT2D eigenvalue weighted by atomic mass is 9.81. The number of fused-ring (bicyclic) bond motifs is 6. The number of anilines is 3. The number of nitrogens with zero attached hydrogens (tertiary/aromatic N) is 2. The molecule has 61 heavy (non-hydrogen) atoms. The van der Waals surface area contributed by atoms with Crippen LogP contribution >= 0.6 is 0 Å². The third-order valence-corrected chi connectivity index (χ3v) is 12.9. The normalized spacial score (nSPS) is 12.7. The maximum atomic E-state index is 2.42. The molecule has 10 aromatic rings. The van der Waals surface area contributed by atoms with Crippen LogP contribution in [0.25, 0.3) is 72.0 Å². The van der Waals surface area contributed by atoms with Crippen LogP contribution in [0.4, 0.5) is 17.1 Å². The topological polar surface area (TPSA) is 8.17 Å². The molecular weight excluding hydrogens is 737 g/mol. The molecule has 11 rings (SSSR count). The van der Waals surface area contributed by atoms with Crippen LogP contribution < -0.4 is 4.90 Å². The molecule has 0 saturated heterocycles. The summed E-state index contributed by atoms with van der Waals surface area (Å²) in [6, 6.07) is 76.1. The minimum absolute atomic E-state index is 0.0420. The summed E-state index contributed by atoms with van der Waals surface area (Å²) in [5.74, 6) is 0. The molecule has 1 aliphatic rings. The van der Waals surface area contributed by atoms with Crippen molar-refractivity contribution in [1.29, 1.82) is 0 Å². The molecule has 292 valence electrons. The van der Waals surface area contributed by atoms with Crippen molar-refractivity contribution in [1.82, 2.24) is 4.57 Å². The Bertz CT molecular complexity index is 3260. The van der Waals surface area contributed by atoms with E-state index in [1.165, 1.54) is 88.6 Å². The van der Waals surface area contributed by atoms with E-state index in [-0.39, 0.29) is 5.41 Å². The number of rotatable bonds is 7. The van der Waals surface area contributed by atoms with Crippen LogP contribution in [-0.2, 0) is 5.41 Å². The molecular formula is C59H46N2. The van der Waals surface area contributed by atoms with Crippen LogP contribution in [0.2, 0.25) is 0 Å². The minimum Gasteiger partial charge on any atom is -0.311 e. The monoisotopic (exact) mass is 782 g/mol. The summed E-state index contributed by atoms with van der Waals surface area (Å²) in [6.07, 6.45) is 0. The average molecular weight is 783 g/mol. The second kappa shape index (κ2) is 14.4. The molecule has 2 nitrogen and oxygen atoms in total. The van der Waals surface area contributed by atoms with Crippen molar-refractivity contribution >= 4 is 38.9 Å². The van der Waals surface area contributed by atoms with Gasteiger partial charge >= 0.3 is 0 Å². The van der Waals surface area contributed by atoms with Crippen molar-refractivity contribution in [2.24, 2.45) is 0 Å². The van der Waals surface area contributed by atoms with Crippen molar-refractivity contribution in [3.8, 4) is 50.2 Å². The van der Waals surface area contributed by atoms with Crippen LogP contribution in [-0.4, -0.2) is 4.57 Å². The fourth-order valence-electron chi connectivity index (χ4n) is 9.66. The van der Waals surface area contributed by atoms with E-state index in [4.69, 9.17) is 0 Å². The Morgan fingerprint density at radius 2 is 0.852 bits per heavy atom. The number of aryl methyl sites for hydroxylation is 2. The number of hydrogen-bond acceptors (Lipinski definition) is 1. The quantitative estimate of drug-likeness (QED) is 0.156. The molecule has 0 atom stereocenters. The zero-order chi connectivity index (χ0) is 41.2. The molecule has 0 aliphatic heterocycles. The van der Waals surface area contributed by atoms with E-state index in [0.717, 1.165) is 22.7 Å². The van der Waals surface area contributed by atoms with Crippen molar-refractivity contribution in [2.45, 2.75) is 33.1 Å². The molecule has 9 aromatic carbocycles. The second-order valence-electron chi connectivity index (χ2n) is 17.2. The van der Waals surface area contributed by atoms with Gasteiger partial charge < -0.3 is 9.47 Å². The van der Waals surface area contributed by atoms with E-state index >= 15 is 0 Å². The third kappa shape index (κ3) is 6.26. The van der Waals surface area contributed by atoms with Crippen LogP contribution in [0.1, 0.15) is 36.1 Å². The molecule has 0 spiro atoms. The van der Waals surface area contributed by atoms with Gasteiger partial charge in [0.15, 0.2) is 0 Å². The number of para-hydroxylation sites is 1. The Morgan fingerprint density at radius 1 is 0.361 bits per heavy atom. The highest BCUT2D eigenvalue weighted by Gasteiger charge is 2.35. The highest BCUT2D eigenvalue weighted by atomic mass is 15.1.